The van der Waals surface area contributed by atoms with E-state index in [1.165, 1.54) is 25.3 Å². The molecule has 1 N–H and O–H groups in total. The molecule has 31 heavy (non-hydrogen) atoms. The molecule has 4 rings (SSSR count). The van der Waals surface area contributed by atoms with Crippen molar-refractivity contribution in [2.24, 2.45) is 0 Å². The van der Waals surface area contributed by atoms with Crippen LogP contribution in [0.25, 0.3) is 5.76 Å². The summed E-state index contributed by atoms with van der Waals surface area (Å²) in [5, 5.41) is 11.4. The number of ether oxygens (including phenoxy) is 1. The number of ketones is 1. The van der Waals surface area contributed by atoms with Crippen molar-refractivity contribution >= 4 is 29.1 Å². The lowest BCUT2D eigenvalue weighted by Crippen LogP contribution is -2.40. The van der Waals surface area contributed by atoms with Crippen LogP contribution in [0.4, 0.5) is 4.39 Å². The van der Waals surface area contributed by atoms with Crippen LogP contribution in [0.5, 0.6) is 5.75 Å². The van der Waals surface area contributed by atoms with Crippen LogP contribution >= 0.6 is 11.6 Å². The van der Waals surface area contributed by atoms with Crippen molar-refractivity contribution in [3.63, 3.8) is 0 Å². The molecular formula is C24H23ClFNO4. The first-order chi connectivity index (χ1) is 14.9. The summed E-state index contributed by atoms with van der Waals surface area (Å²) in [5.74, 6) is -1.76. The minimum Gasteiger partial charge on any atom is -0.507 e. The van der Waals surface area contributed by atoms with E-state index in [0.29, 0.717) is 11.3 Å². The van der Waals surface area contributed by atoms with E-state index in [4.69, 9.17) is 16.3 Å². The number of hydrogen-bond donors (Lipinski definition) is 1. The van der Waals surface area contributed by atoms with Gasteiger partial charge in [0.05, 0.1) is 23.7 Å². The molecule has 0 radical (unpaired) electrons. The van der Waals surface area contributed by atoms with Crippen molar-refractivity contribution in [1.29, 1.82) is 0 Å². The Labute approximate surface area is 185 Å². The number of benzene rings is 2. The fraction of sp³-hybridized carbons (Fsp3) is 0.333. The molecule has 162 valence electrons. The van der Waals surface area contributed by atoms with E-state index < -0.39 is 23.5 Å². The average molecular weight is 444 g/mol. The van der Waals surface area contributed by atoms with E-state index in [2.05, 4.69) is 0 Å². The third-order valence-corrected chi connectivity index (χ3v) is 6.39. The topological polar surface area (TPSA) is 66.8 Å². The van der Waals surface area contributed by atoms with Gasteiger partial charge in [0, 0.05) is 11.6 Å². The zero-order chi connectivity index (χ0) is 22.1. The SMILES string of the molecule is COc1ccc(Cl)c(/C(O)=C2\C(=O)C(=O)N(C3CCCCC3)C2c2ccc(F)cc2)c1. The van der Waals surface area contributed by atoms with E-state index in [0.717, 1.165) is 32.1 Å². The number of amides is 1. The summed E-state index contributed by atoms with van der Waals surface area (Å²) in [7, 11) is 1.48. The number of likely N-dealkylation sites (tertiary alicyclic amines) is 1. The summed E-state index contributed by atoms with van der Waals surface area (Å²) in [6.45, 7) is 0. The number of hydrogen-bond acceptors (Lipinski definition) is 4. The fourth-order valence-electron chi connectivity index (χ4n) is 4.52. The van der Waals surface area contributed by atoms with E-state index in [-0.39, 0.29) is 28.0 Å². The molecule has 0 aromatic heterocycles. The molecule has 1 heterocycles. The van der Waals surface area contributed by atoms with Crippen molar-refractivity contribution in [2.75, 3.05) is 7.11 Å². The van der Waals surface area contributed by atoms with Crippen molar-refractivity contribution in [2.45, 2.75) is 44.2 Å². The smallest absolute Gasteiger partial charge is 0.295 e. The van der Waals surface area contributed by atoms with E-state index in [1.807, 2.05) is 0 Å². The lowest BCUT2D eigenvalue weighted by atomic mass is 9.91. The molecule has 1 amide bonds. The second kappa shape index (κ2) is 8.71. The fourth-order valence-corrected chi connectivity index (χ4v) is 4.72. The number of halogens is 2. The minimum atomic E-state index is -0.814. The monoisotopic (exact) mass is 443 g/mol. The molecule has 1 saturated heterocycles. The number of aliphatic hydroxyl groups excluding tert-OH is 1. The van der Waals surface area contributed by atoms with Gasteiger partial charge in [0.2, 0.25) is 0 Å². The Bertz CT molecular complexity index is 1040. The quantitative estimate of drug-likeness (QED) is 0.398. The maximum Gasteiger partial charge on any atom is 0.295 e. The highest BCUT2D eigenvalue weighted by molar-refractivity contribution is 6.47. The molecule has 1 unspecified atom stereocenters. The Balaban J connectivity index is 1.90. The maximum absolute atomic E-state index is 13.6. The van der Waals surface area contributed by atoms with Crippen molar-refractivity contribution < 1.29 is 23.8 Å². The first-order valence-electron chi connectivity index (χ1n) is 10.3. The normalized spacial score (nSPS) is 21.5. The van der Waals surface area contributed by atoms with Crippen molar-refractivity contribution in [3.8, 4) is 5.75 Å². The summed E-state index contributed by atoms with van der Waals surface area (Å²) < 4.78 is 18.8. The van der Waals surface area contributed by atoms with Gasteiger partial charge in [-0.15, -0.1) is 0 Å². The molecule has 7 heteroatoms. The van der Waals surface area contributed by atoms with E-state index >= 15 is 0 Å². The third kappa shape index (κ3) is 3.92. The molecule has 2 aromatic rings. The molecule has 2 aliphatic rings. The molecule has 0 spiro atoms. The predicted octanol–water partition coefficient (Wildman–Crippen LogP) is 5.24. The second-order valence-corrected chi connectivity index (χ2v) is 8.30. The number of rotatable bonds is 4. The summed E-state index contributed by atoms with van der Waals surface area (Å²) >= 11 is 6.30. The van der Waals surface area contributed by atoms with Crippen molar-refractivity contribution in [1.82, 2.24) is 4.90 Å². The lowest BCUT2D eigenvalue weighted by Gasteiger charge is -2.35. The molecule has 2 aromatic carbocycles. The third-order valence-electron chi connectivity index (χ3n) is 6.06. The zero-order valence-electron chi connectivity index (χ0n) is 17.1. The van der Waals surface area contributed by atoms with Gasteiger partial charge < -0.3 is 14.7 Å². The van der Waals surface area contributed by atoms with Gasteiger partial charge in [-0.3, -0.25) is 9.59 Å². The molecule has 1 atom stereocenters. The summed E-state index contributed by atoms with van der Waals surface area (Å²) in [6.07, 6.45) is 4.58. The van der Waals surface area contributed by atoms with Gasteiger partial charge in [0.15, 0.2) is 0 Å². The van der Waals surface area contributed by atoms with Gasteiger partial charge in [-0.25, -0.2) is 4.39 Å². The maximum atomic E-state index is 13.6. The highest BCUT2D eigenvalue weighted by atomic mass is 35.5. The Kier molecular flexibility index (Phi) is 6.01. The molecule has 0 bridgehead atoms. The number of methoxy groups -OCH3 is 1. The molecule has 1 aliphatic carbocycles. The van der Waals surface area contributed by atoms with Crippen LogP contribution in [0.3, 0.4) is 0 Å². The Hall–Kier alpha value is -2.86. The van der Waals surface area contributed by atoms with Gasteiger partial charge in [0.25, 0.3) is 11.7 Å². The van der Waals surface area contributed by atoms with Crippen LogP contribution in [-0.2, 0) is 9.59 Å². The molecular weight excluding hydrogens is 421 g/mol. The highest BCUT2D eigenvalue weighted by Crippen LogP contribution is 2.44. The number of aliphatic hydroxyl groups is 1. The van der Waals surface area contributed by atoms with Crippen molar-refractivity contribution in [3.05, 3.63) is 70.0 Å². The van der Waals surface area contributed by atoms with Crippen LogP contribution in [0.1, 0.15) is 49.3 Å². The Morgan fingerprint density at radius 3 is 2.42 bits per heavy atom. The molecule has 5 nitrogen and oxygen atoms in total. The van der Waals surface area contributed by atoms with Crippen LogP contribution in [0.15, 0.2) is 48.0 Å². The minimum absolute atomic E-state index is 0.0441. The van der Waals surface area contributed by atoms with Gasteiger partial charge in [-0.2, -0.15) is 0 Å². The molecule has 2 fully saturated rings. The second-order valence-electron chi connectivity index (χ2n) is 7.90. The number of carbonyl (C=O) groups excluding carboxylic acids is 2. The first-order valence-corrected chi connectivity index (χ1v) is 10.7. The molecule has 1 aliphatic heterocycles. The molecule has 1 saturated carbocycles. The van der Waals surface area contributed by atoms with Gasteiger partial charge in [0.1, 0.15) is 17.3 Å². The highest BCUT2D eigenvalue weighted by Gasteiger charge is 2.49. The van der Waals surface area contributed by atoms with E-state index in [9.17, 15) is 19.1 Å². The number of nitrogens with zero attached hydrogens (tertiary/aromatic N) is 1. The van der Waals surface area contributed by atoms with E-state index in [1.54, 1.807) is 29.2 Å². The summed E-state index contributed by atoms with van der Waals surface area (Å²) in [5.41, 5.74) is 0.721. The largest absolute Gasteiger partial charge is 0.507 e. The number of Topliss-reactive ketones (excluding diaryl/α,β-unsaturated/α-hetero) is 1. The first kappa shape index (κ1) is 21.4. The Morgan fingerprint density at radius 2 is 1.77 bits per heavy atom. The number of carbonyl (C=O) groups is 2. The average Bonchev–Trinajstić information content (AvgIpc) is 3.05. The zero-order valence-corrected chi connectivity index (χ0v) is 17.9. The van der Waals surface area contributed by atoms with Crippen LogP contribution in [0, 0.1) is 5.82 Å². The van der Waals surface area contributed by atoms with Crippen LogP contribution < -0.4 is 4.74 Å². The van der Waals surface area contributed by atoms with Gasteiger partial charge >= 0.3 is 0 Å². The summed E-state index contributed by atoms with van der Waals surface area (Å²) in [4.78, 5) is 27.8. The lowest BCUT2D eigenvalue weighted by molar-refractivity contribution is -0.141. The summed E-state index contributed by atoms with van der Waals surface area (Å²) in [6, 6.07) is 9.44. The Morgan fingerprint density at radius 1 is 1.10 bits per heavy atom. The van der Waals surface area contributed by atoms with Crippen LogP contribution in [-0.4, -0.2) is 34.8 Å². The van der Waals surface area contributed by atoms with Gasteiger partial charge in [-0.1, -0.05) is 43.0 Å². The predicted molar refractivity (Wildman–Crippen MR) is 115 cm³/mol. The van der Waals surface area contributed by atoms with Gasteiger partial charge in [-0.05, 0) is 48.7 Å². The van der Waals surface area contributed by atoms with Crippen LogP contribution in [0.2, 0.25) is 5.02 Å². The standard InChI is InChI=1S/C24H23ClFNO4/c1-31-17-11-12-19(25)18(13-17)22(28)20-21(14-7-9-15(26)10-8-14)27(24(30)23(20)29)16-5-3-2-4-6-16/h7-13,16,21,28H,2-6H2,1H3/b22-20+.